The Kier molecular flexibility index (Phi) is 5.46. The molecule has 23 heavy (non-hydrogen) atoms. The molecule has 7 heteroatoms. The zero-order chi connectivity index (χ0) is 16.2. The van der Waals surface area contributed by atoms with Crippen LogP contribution < -0.4 is 0 Å². The van der Waals surface area contributed by atoms with Crippen molar-refractivity contribution in [1.82, 2.24) is 19.8 Å². The number of carbonyl (C=O) groups is 1. The summed E-state index contributed by atoms with van der Waals surface area (Å²) in [6, 6.07) is 5.51. The second kappa shape index (κ2) is 7.55. The number of nitrogens with zero attached hydrogens (tertiary/aromatic N) is 3. The van der Waals surface area contributed by atoms with Gasteiger partial charge >= 0.3 is 0 Å². The van der Waals surface area contributed by atoms with Crippen LogP contribution in [0.4, 0.5) is 0 Å². The van der Waals surface area contributed by atoms with Crippen molar-refractivity contribution < 1.29 is 4.79 Å². The van der Waals surface area contributed by atoms with E-state index in [9.17, 15) is 4.79 Å². The number of hydrogen-bond donors (Lipinski definition) is 1. The molecule has 3 rings (SSSR count). The van der Waals surface area contributed by atoms with Crippen LogP contribution in [0.1, 0.15) is 5.82 Å². The number of H-pyrrole nitrogens is 1. The van der Waals surface area contributed by atoms with Crippen LogP contribution in [0.5, 0.6) is 0 Å². The van der Waals surface area contributed by atoms with Crippen molar-refractivity contribution in [2.45, 2.75) is 6.42 Å². The first-order valence-electron chi connectivity index (χ1n) is 7.79. The molecule has 0 radical (unpaired) electrons. The molecule has 1 fully saturated rings. The minimum Gasteiger partial charge on any atom is -0.342 e. The van der Waals surface area contributed by atoms with E-state index in [-0.39, 0.29) is 5.91 Å². The molecule has 0 bridgehead atoms. The van der Waals surface area contributed by atoms with E-state index in [1.165, 1.54) is 0 Å². The first-order valence-corrected chi connectivity index (χ1v) is 9.56. The molecular formula is C16H21ClN4OS. The summed E-state index contributed by atoms with van der Waals surface area (Å²) in [5.41, 5.74) is 1.72. The van der Waals surface area contributed by atoms with Gasteiger partial charge in [0.25, 0.3) is 0 Å². The summed E-state index contributed by atoms with van der Waals surface area (Å²) in [5.74, 6) is 1.99. The molecule has 0 saturated carbocycles. The number of aromatic nitrogens is 2. The van der Waals surface area contributed by atoms with Crippen molar-refractivity contribution in [3.05, 3.63) is 29.0 Å². The van der Waals surface area contributed by atoms with Crippen molar-refractivity contribution >= 4 is 40.3 Å². The van der Waals surface area contributed by atoms with E-state index in [0.29, 0.717) is 17.3 Å². The Hall–Kier alpha value is -1.24. The predicted octanol–water partition coefficient (Wildman–Crippen LogP) is 2.27. The predicted molar refractivity (Wildman–Crippen MR) is 96.2 cm³/mol. The molecule has 0 atom stereocenters. The third-order valence-electron chi connectivity index (χ3n) is 4.15. The summed E-state index contributed by atoms with van der Waals surface area (Å²) in [7, 11) is 0. The zero-order valence-electron chi connectivity index (χ0n) is 13.2. The van der Waals surface area contributed by atoms with Gasteiger partial charge in [-0.1, -0.05) is 11.6 Å². The Labute approximate surface area is 145 Å². The summed E-state index contributed by atoms with van der Waals surface area (Å²) >= 11 is 7.84. The average molecular weight is 353 g/mol. The minimum absolute atomic E-state index is 0.139. The third kappa shape index (κ3) is 4.19. The number of piperazine rings is 1. The Bertz CT molecular complexity index is 682. The fraction of sp³-hybridized carbons (Fsp3) is 0.500. The summed E-state index contributed by atoms with van der Waals surface area (Å²) in [6.45, 7) is 4.64. The van der Waals surface area contributed by atoms with E-state index in [2.05, 4.69) is 21.1 Å². The number of fused-ring (bicyclic) bond motifs is 1. The smallest absolute Gasteiger partial charge is 0.230 e. The molecule has 1 amide bonds. The van der Waals surface area contributed by atoms with Gasteiger partial charge in [0, 0.05) is 43.5 Å². The van der Waals surface area contributed by atoms with Crippen LogP contribution in [0.15, 0.2) is 18.2 Å². The standard InChI is InChI=1S/C16H21ClN4OS/c1-23-9-8-20-4-6-21(7-5-20)16(22)11-15-18-13-3-2-12(17)10-14(13)19-15/h2-3,10H,4-9,11H2,1H3,(H,18,19). The molecule has 2 heterocycles. The average Bonchev–Trinajstić information content (AvgIpc) is 2.94. The Balaban J connectivity index is 1.56. The normalized spacial score (nSPS) is 16.2. The van der Waals surface area contributed by atoms with Gasteiger partial charge in [0.15, 0.2) is 0 Å². The second-order valence-corrected chi connectivity index (χ2v) is 7.16. The van der Waals surface area contributed by atoms with Gasteiger partial charge in [-0.3, -0.25) is 9.69 Å². The van der Waals surface area contributed by atoms with E-state index in [0.717, 1.165) is 49.5 Å². The Morgan fingerprint density at radius 3 is 2.87 bits per heavy atom. The number of imidazole rings is 1. The van der Waals surface area contributed by atoms with Crippen LogP contribution in [0.3, 0.4) is 0 Å². The number of amides is 1. The van der Waals surface area contributed by atoms with E-state index in [1.807, 2.05) is 34.9 Å². The first-order chi connectivity index (χ1) is 11.2. The number of benzene rings is 1. The van der Waals surface area contributed by atoms with E-state index in [1.54, 1.807) is 0 Å². The SMILES string of the molecule is CSCCN1CCN(C(=O)Cc2nc3ccc(Cl)cc3[nH]2)CC1. The third-order valence-corrected chi connectivity index (χ3v) is 4.97. The number of carbonyl (C=O) groups excluding carboxylic acids is 1. The highest BCUT2D eigenvalue weighted by molar-refractivity contribution is 7.98. The van der Waals surface area contributed by atoms with Crippen LogP contribution in [0, 0.1) is 0 Å². The largest absolute Gasteiger partial charge is 0.342 e. The van der Waals surface area contributed by atoms with Gasteiger partial charge < -0.3 is 9.88 Å². The van der Waals surface area contributed by atoms with Gasteiger partial charge in [-0.25, -0.2) is 4.98 Å². The quantitative estimate of drug-likeness (QED) is 0.896. The molecule has 1 saturated heterocycles. The van der Waals surface area contributed by atoms with Gasteiger partial charge in [0.05, 0.1) is 17.5 Å². The number of aromatic amines is 1. The molecular weight excluding hydrogens is 332 g/mol. The maximum atomic E-state index is 12.4. The van der Waals surface area contributed by atoms with Crippen LogP contribution in [0.2, 0.25) is 5.02 Å². The van der Waals surface area contributed by atoms with E-state index >= 15 is 0 Å². The summed E-state index contributed by atoms with van der Waals surface area (Å²) in [4.78, 5) is 24.5. The number of thioether (sulfide) groups is 1. The first kappa shape index (κ1) is 16.6. The van der Waals surface area contributed by atoms with Gasteiger partial charge in [0.2, 0.25) is 5.91 Å². The minimum atomic E-state index is 0.139. The second-order valence-electron chi connectivity index (χ2n) is 5.74. The summed E-state index contributed by atoms with van der Waals surface area (Å²) in [6.07, 6.45) is 2.44. The molecule has 1 N–H and O–H groups in total. The summed E-state index contributed by atoms with van der Waals surface area (Å²) in [5, 5.41) is 0.667. The van der Waals surface area contributed by atoms with Gasteiger partial charge in [-0.05, 0) is 24.5 Å². The van der Waals surface area contributed by atoms with Gasteiger partial charge in [-0.15, -0.1) is 0 Å². The molecule has 0 aliphatic carbocycles. The molecule has 124 valence electrons. The number of nitrogens with one attached hydrogen (secondary N) is 1. The molecule has 2 aromatic rings. The number of rotatable bonds is 5. The maximum Gasteiger partial charge on any atom is 0.230 e. The number of halogens is 1. The molecule has 0 spiro atoms. The van der Waals surface area contributed by atoms with E-state index in [4.69, 9.17) is 11.6 Å². The molecule has 5 nitrogen and oxygen atoms in total. The van der Waals surface area contributed by atoms with Crippen molar-refractivity contribution in [2.24, 2.45) is 0 Å². The monoisotopic (exact) mass is 352 g/mol. The summed E-state index contributed by atoms with van der Waals surface area (Å²) < 4.78 is 0. The molecule has 1 aliphatic heterocycles. The Morgan fingerprint density at radius 1 is 1.35 bits per heavy atom. The Morgan fingerprint density at radius 2 is 2.13 bits per heavy atom. The van der Waals surface area contributed by atoms with Gasteiger partial charge in [0.1, 0.15) is 5.82 Å². The van der Waals surface area contributed by atoms with Crippen molar-refractivity contribution in [3.8, 4) is 0 Å². The lowest BCUT2D eigenvalue weighted by molar-refractivity contribution is -0.132. The lowest BCUT2D eigenvalue weighted by Gasteiger charge is -2.34. The van der Waals surface area contributed by atoms with Crippen molar-refractivity contribution in [2.75, 3.05) is 44.7 Å². The van der Waals surface area contributed by atoms with Crippen molar-refractivity contribution in [3.63, 3.8) is 0 Å². The molecule has 1 aromatic heterocycles. The van der Waals surface area contributed by atoms with Crippen molar-refractivity contribution in [1.29, 1.82) is 0 Å². The molecule has 0 unspecified atom stereocenters. The van der Waals surface area contributed by atoms with Crippen LogP contribution in [0.25, 0.3) is 11.0 Å². The van der Waals surface area contributed by atoms with Crippen LogP contribution >= 0.6 is 23.4 Å². The lowest BCUT2D eigenvalue weighted by Crippen LogP contribution is -2.49. The van der Waals surface area contributed by atoms with E-state index < -0.39 is 0 Å². The number of hydrogen-bond acceptors (Lipinski definition) is 4. The molecule has 1 aliphatic rings. The fourth-order valence-corrected chi connectivity index (χ4v) is 3.43. The fourth-order valence-electron chi connectivity index (χ4n) is 2.81. The zero-order valence-corrected chi connectivity index (χ0v) is 14.8. The topological polar surface area (TPSA) is 52.2 Å². The van der Waals surface area contributed by atoms with Gasteiger partial charge in [-0.2, -0.15) is 11.8 Å². The highest BCUT2D eigenvalue weighted by Crippen LogP contribution is 2.17. The lowest BCUT2D eigenvalue weighted by atomic mass is 10.2. The molecule has 1 aromatic carbocycles. The van der Waals surface area contributed by atoms with Crippen LogP contribution in [-0.2, 0) is 11.2 Å². The maximum absolute atomic E-state index is 12.4. The highest BCUT2D eigenvalue weighted by atomic mass is 35.5. The van der Waals surface area contributed by atoms with Crippen LogP contribution in [-0.4, -0.2) is 70.4 Å². The highest BCUT2D eigenvalue weighted by Gasteiger charge is 2.21.